The maximum Gasteiger partial charge on any atom is 0.0249 e. The molecule has 1 aliphatic carbocycles. The van der Waals surface area contributed by atoms with Crippen LogP contribution in [0.1, 0.15) is 59.3 Å². The summed E-state index contributed by atoms with van der Waals surface area (Å²) in [6.07, 6.45) is 8.40. The van der Waals surface area contributed by atoms with Crippen LogP contribution in [0, 0.1) is 5.92 Å². The van der Waals surface area contributed by atoms with Crippen LogP contribution in [0.5, 0.6) is 0 Å². The van der Waals surface area contributed by atoms with Crippen molar-refractivity contribution in [3.8, 4) is 0 Å². The zero-order valence-corrected chi connectivity index (χ0v) is 11.9. The highest BCUT2D eigenvalue weighted by Gasteiger charge is 2.35. The van der Waals surface area contributed by atoms with Crippen molar-refractivity contribution in [2.75, 3.05) is 13.1 Å². The van der Waals surface area contributed by atoms with Crippen LogP contribution in [0.15, 0.2) is 0 Å². The van der Waals surface area contributed by atoms with Crippen LogP contribution in [0.25, 0.3) is 0 Å². The van der Waals surface area contributed by atoms with E-state index in [1.54, 1.807) is 0 Å². The van der Waals surface area contributed by atoms with Crippen molar-refractivity contribution in [3.05, 3.63) is 0 Å². The number of hydrogen-bond donors (Lipinski definition) is 1. The molecule has 3 atom stereocenters. The van der Waals surface area contributed by atoms with Crippen molar-refractivity contribution in [2.45, 2.75) is 77.4 Å². The lowest BCUT2D eigenvalue weighted by Crippen LogP contribution is -2.60. The average Bonchev–Trinajstić information content (AvgIpc) is 2.91. The Morgan fingerprint density at radius 1 is 1.24 bits per heavy atom. The van der Waals surface area contributed by atoms with Gasteiger partial charge in [0.05, 0.1) is 0 Å². The van der Waals surface area contributed by atoms with E-state index in [2.05, 4.69) is 31.0 Å². The summed E-state index contributed by atoms with van der Waals surface area (Å²) in [5, 5.41) is 3.75. The summed E-state index contributed by atoms with van der Waals surface area (Å²) < 4.78 is 0. The summed E-state index contributed by atoms with van der Waals surface area (Å²) in [5.74, 6) is 0.834. The molecule has 1 saturated heterocycles. The van der Waals surface area contributed by atoms with Gasteiger partial charge in [-0.2, -0.15) is 0 Å². The Labute approximate surface area is 107 Å². The fraction of sp³-hybridized carbons (Fsp3) is 1.00. The minimum absolute atomic E-state index is 0.732. The Hall–Kier alpha value is -0.0800. The third kappa shape index (κ3) is 3.03. The van der Waals surface area contributed by atoms with Crippen LogP contribution >= 0.6 is 0 Å². The quantitative estimate of drug-likeness (QED) is 0.810. The maximum atomic E-state index is 3.75. The van der Waals surface area contributed by atoms with E-state index in [0.717, 1.165) is 24.0 Å². The average molecular weight is 238 g/mol. The van der Waals surface area contributed by atoms with Crippen molar-refractivity contribution < 1.29 is 0 Å². The smallest absolute Gasteiger partial charge is 0.0249 e. The van der Waals surface area contributed by atoms with Gasteiger partial charge in [-0.05, 0) is 25.2 Å². The molecule has 100 valence electrons. The molecular formula is C15H30N2. The molecule has 2 rings (SSSR count). The topological polar surface area (TPSA) is 15.3 Å². The van der Waals surface area contributed by atoms with E-state index in [9.17, 15) is 0 Å². The van der Waals surface area contributed by atoms with E-state index >= 15 is 0 Å². The third-order valence-electron chi connectivity index (χ3n) is 5.06. The van der Waals surface area contributed by atoms with Crippen LogP contribution in [0.3, 0.4) is 0 Å². The third-order valence-corrected chi connectivity index (χ3v) is 5.06. The van der Waals surface area contributed by atoms with Crippen LogP contribution in [0.4, 0.5) is 0 Å². The van der Waals surface area contributed by atoms with Crippen LogP contribution in [-0.4, -0.2) is 36.1 Å². The second-order valence-corrected chi connectivity index (χ2v) is 6.10. The number of rotatable bonds is 4. The Bertz CT molecular complexity index is 223. The lowest BCUT2D eigenvalue weighted by atomic mass is 9.92. The van der Waals surface area contributed by atoms with E-state index < -0.39 is 0 Å². The van der Waals surface area contributed by atoms with Gasteiger partial charge < -0.3 is 5.32 Å². The van der Waals surface area contributed by atoms with E-state index in [0.29, 0.717) is 0 Å². The molecule has 1 N–H and O–H groups in total. The van der Waals surface area contributed by atoms with E-state index in [1.165, 1.54) is 51.6 Å². The summed E-state index contributed by atoms with van der Waals surface area (Å²) >= 11 is 0. The molecule has 0 radical (unpaired) electrons. The van der Waals surface area contributed by atoms with Gasteiger partial charge in [0.25, 0.3) is 0 Å². The molecule has 0 amide bonds. The molecule has 2 fully saturated rings. The highest BCUT2D eigenvalue weighted by molar-refractivity contribution is 4.92. The van der Waals surface area contributed by atoms with Crippen molar-refractivity contribution in [2.24, 2.45) is 5.92 Å². The number of nitrogens with zero attached hydrogens (tertiary/aromatic N) is 1. The van der Waals surface area contributed by atoms with E-state index in [1.807, 2.05) is 0 Å². The first-order chi connectivity index (χ1) is 8.26. The van der Waals surface area contributed by atoms with Crippen molar-refractivity contribution in [1.29, 1.82) is 0 Å². The monoisotopic (exact) mass is 238 g/mol. The van der Waals surface area contributed by atoms with Crippen molar-refractivity contribution in [1.82, 2.24) is 10.2 Å². The molecule has 17 heavy (non-hydrogen) atoms. The first-order valence-electron chi connectivity index (χ1n) is 7.75. The normalized spacial score (nSPS) is 34.1. The van der Waals surface area contributed by atoms with Gasteiger partial charge in [0.1, 0.15) is 0 Å². The lowest BCUT2D eigenvalue weighted by molar-refractivity contribution is 0.0514. The van der Waals surface area contributed by atoms with Crippen LogP contribution < -0.4 is 5.32 Å². The molecule has 2 aliphatic rings. The summed E-state index contributed by atoms with van der Waals surface area (Å²) in [5.41, 5.74) is 0. The summed E-state index contributed by atoms with van der Waals surface area (Å²) in [6.45, 7) is 9.58. The fourth-order valence-electron chi connectivity index (χ4n) is 3.59. The minimum Gasteiger partial charge on any atom is -0.311 e. The van der Waals surface area contributed by atoms with Crippen molar-refractivity contribution >= 4 is 0 Å². The highest BCUT2D eigenvalue weighted by atomic mass is 15.3. The van der Waals surface area contributed by atoms with Crippen LogP contribution in [0.2, 0.25) is 0 Å². The molecule has 1 aliphatic heterocycles. The molecule has 0 aromatic rings. The second-order valence-electron chi connectivity index (χ2n) is 6.10. The largest absolute Gasteiger partial charge is 0.311 e. The van der Waals surface area contributed by atoms with Gasteiger partial charge >= 0.3 is 0 Å². The molecule has 0 aromatic heterocycles. The standard InChI is InChI=1S/C15H30N2/c1-4-12(3)15-10-16-13(5-2)11-17(15)14-8-6-7-9-14/h12-16H,4-11H2,1-3H3. The molecule has 0 bridgehead atoms. The first kappa shape index (κ1) is 13.4. The van der Waals surface area contributed by atoms with E-state index in [-0.39, 0.29) is 0 Å². The molecule has 0 aromatic carbocycles. The highest BCUT2D eigenvalue weighted by Crippen LogP contribution is 2.29. The summed E-state index contributed by atoms with van der Waals surface area (Å²) in [6, 6.07) is 2.41. The minimum atomic E-state index is 0.732. The van der Waals surface area contributed by atoms with Gasteiger partial charge in [-0.3, -0.25) is 4.90 Å². The van der Waals surface area contributed by atoms with E-state index in [4.69, 9.17) is 0 Å². The first-order valence-corrected chi connectivity index (χ1v) is 7.75. The zero-order valence-electron chi connectivity index (χ0n) is 11.9. The summed E-state index contributed by atoms with van der Waals surface area (Å²) in [4.78, 5) is 2.87. The lowest BCUT2D eigenvalue weighted by Gasteiger charge is -2.46. The van der Waals surface area contributed by atoms with Gasteiger partial charge in [0, 0.05) is 31.2 Å². The number of piperazine rings is 1. The molecule has 1 saturated carbocycles. The van der Waals surface area contributed by atoms with Gasteiger partial charge in [-0.1, -0.05) is 40.0 Å². The predicted molar refractivity (Wildman–Crippen MR) is 74.3 cm³/mol. The number of hydrogen-bond acceptors (Lipinski definition) is 2. The molecular weight excluding hydrogens is 208 g/mol. The molecule has 2 nitrogen and oxygen atoms in total. The molecule has 3 unspecified atom stereocenters. The Morgan fingerprint density at radius 2 is 1.94 bits per heavy atom. The van der Waals surface area contributed by atoms with Gasteiger partial charge in [-0.25, -0.2) is 0 Å². The molecule has 1 heterocycles. The Balaban J connectivity index is 2.02. The zero-order chi connectivity index (χ0) is 12.3. The van der Waals surface area contributed by atoms with Crippen molar-refractivity contribution in [3.63, 3.8) is 0 Å². The van der Waals surface area contributed by atoms with Gasteiger partial charge in [-0.15, -0.1) is 0 Å². The van der Waals surface area contributed by atoms with Crippen LogP contribution in [-0.2, 0) is 0 Å². The van der Waals surface area contributed by atoms with Gasteiger partial charge in [0.15, 0.2) is 0 Å². The Kier molecular flexibility index (Phi) is 4.87. The molecule has 0 spiro atoms. The summed E-state index contributed by atoms with van der Waals surface area (Å²) in [7, 11) is 0. The SMILES string of the molecule is CCC1CN(C2CCCC2)C(C(C)CC)CN1. The van der Waals surface area contributed by atoms with Gasteiger partial charge in [0.2, 0.25) is 0 Å². The Morgan fingerprint density at radius 3 is 2.53 bits per heavy atom. The molecule has 2 heteroatoms. The maximum absolute atomic E-state index is 3.75. The number of nitrogens with one attached hydrogen (secondary N) is 1. The second kappa shape index (κ2) is 6.19. The predicted octanol–water partition coefficient (Wildman–Crippen LogP) is 3.03. The fourth-order valence-corrected chi connectivity index (χ4v) is 3.59.